The molecule has 0 unspecified atom stereocenters. The Kier molecular flexibility index (Phi) is 3.82. The molecule has 2 fully saturated rings. The van der Waals surface area contributed by atoms with Gasteiger partial charge in [0, 0.05) is 19.7 Å². The third-order valence-corrected chi connectivity index (χ3v) is 4.76. The topological polar surface area (TPSA) is 121 Å². The van der Waals surface area contributed by atoms with Gasteiger partial charge in [0.1, 0.15) is 0 Å². The van der Waals surface area contributed by atoms with E-state index in [0.29, 0.717) is 9.80 Å². The van der Waals surface area contributed by atoms with Crippen LogP contribution in [0.15, 0.2) is 30.3 Å². The van der Waals surface area contributed by atoms with E-state index in [4.69, 9.17) is 4.74 Å². The number of benzene rings is 1. The van der Waals surface area contributed by atoms with Crippen LogP contribution in [0.3, 0.4) is 0 Å². The second-order valence-corrected chi connectivity index (χ2v) is 6.33. The van der Waals surface area contributed by atoms with Gasteiger partial charge in [-0.05, 0) is 12.8 Å². The van der Waals surface area contributed by atoms with Crippen molar-refractivity contribution in [2.75, 3.05) is 14.1 Å². The lowest BCUT2D eigenvalue weighted by Gasteiger charge is -2.41. The van der Waals surface area contributed by atoms with Crippen molar-refractivity contribution in [2.24, 2.45) is 5.41 Å². The van der Waals surface area contributed by atoms with E-state index in [1.807, 2.05) is 0 Å². The standard InChI is InChI=1S/C17H16N2O7/c1-18-11(20)17(10-6-4-3-5-7-10,12(21)19(2)15(18)25)26-14(24)16(8-9-16)13(22)23/h3-7H,8-9H2,1-2H3,(H,22,23). The highest BCUT2D eigenvalue weighted by molar-refractivity contribution is 6.22. The van der Waals surface area contributed by atoms with Gasteiger partial charge in [0.05, 0.1) is 0 Å². The minimum atomic E-state index is -2.44. The number of hydrogen-bond donors (Lipinski definition) is 1. The molecule has 9 heteroatoms. The molecule has 4 amide bonds. The maximum atomic E-state index is 12.9. The fraction of sp³-hybridized carbons (Fsp3) is 0.353. The van der Waals surface area contributed by atoms with Crippen LogP contribution in [0.1, 0.15) is 18.4 Å². The number of nitrogens with zero attached hydrogens (tertiary/aromatic N) is 2. The lowest BCUT2D eigenvalue weighted by atomic mass is 9.88. The number of imide groups is 2. The number of carboxylic acids is 1. The number of esters is 1. The van der Waals surface area contributed by atoms with Gasteiger partial charge in [0.2, 0.25) is 0 Å². The van der Waals surface area contributed by atoms with Gasteiger partial charge >= 0.3 is 18.0 Å². The summed E-state index contributed by atoms with van der Waals surface area (Å²) in [7, 11) is 2.31. The summed E-state index contributed by atoms with van der Waals surface area (Å²) in [6, 6.07) is 6.64. The smallest absolute Gasteiger partial charge is 0.333 e. The summed E-state index contributed by atoms with van der Waals surface area (Å²) in [5.41, 5.74) is -4.17. The lowest BCUT2D eigenvalue weighted by molar-refractivity contribution is -0.191. The van der Waals surface area contributed by atoms with Gasteiger partial charge in [0.25, 0.3) is 17.4 Å². The molecular weight excluding hydrogens is 344 g/mol. The second-order valence-electron chi connectivity index (χ2n) is 6.33. The van der Waals surface area contributed by atoms with Gasteiger partial charge in [-0.2, -0.15) is 0 Å². The Hall–Kier alpha value is -3.23. The molecule has 0 aromatic heterocycles. The summed E-state index contributed by atoms with van der Waals surface area (Å²) >= 11 is 0. The number of barbiturate groups is 1. The molecule has 136 valence electrons. The molecule has 1 saturated carbocycles. The minimum absolute atomic E-state index is 0.0377. The van der Waals surface area contributed by atoms with Crippen molar-refractivity contribution in [2.45, 2.75) is 18.4 Å². The van der Waals surface area contributed by atoms with Crippen molar-refractivity contribution in [3.63, 3.8) is 0 Å². The SMILES string of the molecule is CN1C(=O)N(C)C(=O)C(OC(=O)C2(C(=O)O)CC2)(c2ccccc2)C1=O. The molecule has 0 atom stereocenters. The third kappa shape index (κ3) is 2.20. The van der Waals surface area contributed by atoms with E-state index in [0.717, 1.165) is 14.1 Å². The molecule has 2 aliphatic rings. The zero-order valence-corrected chi connectivity index (χ0v) is 14.1. The normalized spacial score (nSPS) is 20.8. The lowest BCUT2D eigenvalue weighted by Crippen LogP contribution is -2.67. The Morgan fingerprint density at radius 2 is 1.50 bits per heavy atom. The summed E-state index contributed by atoms with van der Waals surface area (Å²) in [4.78, 5) is 63.2. The zero-order valence-electron chi connectivity index (χ0n) is 14.1. The second kappa shape index (κ2) is 5.65. The molecule has 1 aliphatic heterocycles. The van der Waals surface area contributed by atoms with Crippen LogP contribution >= 0.6 is 0 Å². The molecule has 0 bridgehead atoms. The molecule has 1 aromatic carbocycles. The van der Waals surface area contributed by atoms with Gasteiger partial charge in [-0.1, -0.05) is 30.3 Å². The number of carboxylic acid groups (broad SMARTS) is 1. The Bertz CT molecular complexity index is 805. The van der Waals surface area contributed by atoms with Crippen LogP contribution in [0.5, 0.6) is 0 Å². The van der Waals surface area contributed by atoms with Crippen LogP contribution < -0.4 is 0 Å². The summed E-state index contributed by atoms with van der Waals surface area (Å²) < 4.78 is 5.31. The maximum absolute atomic E-state index is 12.9. The molecule has 0 radical (unpaired) electrons. The van der Waals surface area contributed by atoms with Crippen molar-refractivity contribution in [3.05, 3.63) is 35.9 Å². The summed E-state index contributed by atoms with van der Waals surface area (Å²) in [6.45, 7) is 0. The van der Waals surface area contributed by atoms with E-state index in [2.05, 4.69) is 0 Å². The van der Waals surface area contributed by atoms with Crippen molar-refractivity contribution < 1.29 is 33.8 Å². The van der Waals surface area contributed by atoms with Crippen molar-refractivity contribution in [1.29, 1.82) is 0 Å². The van der Waals surface area contributed by atoms with Gasteiger partial charge in [-0.15, -0.1) is 0 Å². The number of rotatable bonds is 4. The molecule has 0 spiro atoms. The molecule has 1 aliphatic carbocycles. The van der Waals surface area contributed by atoms with E-state index in [-0.39, 0.29) is 18.4 Å². The number of ether oxygens (including phenoxy) is 1. The molecule has 9 nitrogen and oxygen atoms in total. The molecule has 1 aromatic rings. The van der Waals surface area contributed by atoms with E-state index < -0.39 is 40.8 Å². The van der Waals surface area contributed by atoms with Crippen LogP contribution in [0.25, 0.3) is 0 Å². The maximum Gasteiger partial charge on any atom is 0.333 e. The van der Waals surface area contributed by atoms with Gasteiger partial charge in [0.15, 0.2) is 5.41 Å². The Balaban J connectivity index is 2.14. The monoisotopic (exact) mass is 360 g/mol. The van der Waals surface area contributed by atoms with Gasteiger partial charge in [-0.3, -0.25) is 29.0 Å². The van der Waals surface area contributed by atoms with E-state index in [1.54, 1.807) is 6.07 Å². The van der Waals surface area contributed by atoms with E-state index >= 15 is 0 Å². The zero-order chi connectivity index (χ0) is 19.3. The average molecular weight is 360 g/mol. The van der Waals surface area contributed by atoms with Crippen molar-refractivity contribution in [1.82, 2.24) is 9.80 Å². The fourth-order valence-corrected chi connectivity index (χ4v) is 2.90. The molecule has 1 heterocycles. The van der Waals surface area contributed by atoms with Crippen LogP contribution in [0.4, 0.5) is 4.79 Å². The predicted octanol–water partition coefficient (Wildman–Crippen LogP) is 0.340. The highest BCUT2D eigenvalue weighted by Crippen LogP contribution is 2.49. The first-order chi connectivity index (χ1) is 12.2. The number of urea groups is 1. The Labute approximate surface area is 148 Å². The highest BCUT2D eigenvalue weighted by Gasteiger charge is 2.65. The van der Waals surface area contributed by atoms with Crippen LogP contribution in [-0.2, 0) is 29.5 Å². The van der Waals surface area contributed by atoms with Crippen LogP contribution in [0.2, 0.25) is 0 Å². The van der Waals surface area contributed by atoms with E-state index in [9.17, 15) is 29.1 Å². The van der Waals surface area contributed by atoms with Gasteiger partial charge in [-0.25, -0.2) is 4.79 Å². The number of carbonyl (C=O) groups is 5. The average Bonchev–Trinajstić information content (AvgIpc) is 3.45. The Morgan fingerprint density at radius 3 is 1.92 bits per heavy atom. The van der Waals surface area contributed by atoms with Crippen LogP contribution in [-0.4, -0.2) is 58.8 Å². The van der Waals surface area contributed by atoms with E-state index in [1.165, 1.54) is 24.3 Å². The first kappa shape index (κ1) is 17.6. The number of aliphatic carboxylic acids is 1. The summed E-state index contributed by atoms with van der Waals surface area (Å²) in [5, 5.41) is 9.29. The number of carbonyl (C=O) groups excluding carboxylic acids is 4. The molecule has 26 heavy (non-hydrogen) atoms. The number of likely N-dealkylation sites (N-methyl/N-ethyl adjacent to an activating group) is 2. The molecule has 1 N–H and O–H groups in total. The largest absolute Gasteiger partial charge is 0.480 e. The molecule has 3 rings (SSSR count). The van der Waals surface area contributed by atoms with Crippen molar-refractivity contribution >= 4 is 29.8 Å². The predicted molar refractivity (Wildman–Crippen MR) is 84.5 cm³/mol. The number of amides is 4. The minimum Gasteiger partial charge on any atom is -0.480 e. The number of hydrogen-bond acceptors (Lipinski definition) is 6. The first-order valence-electron chi connectivity index (χ1n) is 7.81. The van der Waals surface area contributed by atoms with Crippen LogP contribution in [0, 0.1) is 5.41 Å². The summed E-state index contributed by atoms with van der Waals surface area (Å²) in [5.74, 6) is -4.65. The van der Waals surface area contributed by atoms with Gasteiger partial charge < -0.3 is 9.84 Å². The molecule has 1 saturated heterocycles. The fourth-order valence-electron chi connectivity index (χ4n) is 2.90. The molecular formula is C17H16N2O7. The Morgan fingerprint density at radius 1 is 1.00 bits per heavy atom. The third-order valence-electron chi connectivity index (χ3n) is 4.76. The first-order valence-corrected chi connectivity index (χ1v) is 7.81. The summed E-state index contributed by atoms with van der Waals surface area (Å²) in [6.07, 6.45) is 0.109. The highest BCUT2D eigenvalue weighted by atomic mass is 16.6. The van der Waals surface area contributed by atoms with Crippen molar-refractivity contribution in [3.8, 4) is 0 Å². The quantitative estimate of drug-likeness (QED) is 0.607.